The van der Waals surface area contributed by atoms with E-state index in [2.05, 4.69) is 36.7 Å². The summed E-state index contributed by atoms with van der Waals surface area (Å²) in [5.74, 6) is -0.359. The lowest BCUT2D eigenvalue weighted by atomic mass is 10.2. The van der Waals surface area contributed by atoms with Gasteiger partial charge in [0.1, 0.15) is 6.73 Å². The monoisotopic (exact) mass is 257 g/mol. The number of carbonyl (C=O) groups is 1. The second-order valence-corrected chi connectivity index (χ2v) is 3.29. The summed E-state index contributed by atoms with van der Waals surface area (Å²) in [6.07, 6.45) is 10.8. The van der Waals surface area contributed by atoms with Crippen LogP contribution in [0.15, 0.2) is 73.9 Å². The van der Waals surface area contributed by atoms with Crippen molar-refractivity contribution in [1.82, 2.24) is 5.32 Å². The second kappa shape index (κ2) is 12.1. The molecule has 2 N–H and O–H groups in total. The molecule has 0 aromatic heterocycles. The summed E-state index contributed by atoms with van der Waals surface area (Å²) in [5.41, 5.74) is 1.21. The van der Waals surface area contributed by atoms with Crippen LogP contribution in [0, 0.1) is 0 Å². The zero-order valence-electron chi connectivity index (χ0n) is 10.8. The molecule has 0 unspecified atom stereocenters. The van der Waals surface area contributed by atoms with E-state index >= 15 is 0 Å². The minimum atomic E-state index is -0.359. The molecule has 0 fully saturated rings. The van der Waals surface area contributed by atoms with E-state index in [4.69, 9.17) is 5.11 Å². The standard InChI is InChI=1S/C12H12.C4H7NO2/c1-2-3-4-6-9-12-10-7-5-8-11-12;1-2-4(7)5-3-6/h2-11H,1H2;2,6H,1,3H2,(H,5,7). The van der Waals surface area contributed by atoms with Crippen molar-refractivity contribution >= 4 is 12.0 Å². The molecule has 0 saturated heterocycles. The van der Waals surface area contributed by atoms with Gasteiger partial charge in [-0.3, -0.25) is 4.79 Å². The maximum absolute atomic E-state index is 10.0. The molecule has 0 aliphatic heterocycles. The van der Waals surface area contributed by atoms with Crippen LogP contribution in [0.1, 0.15) is 5.56 Å². The van der Waals surface area contributed by atoms with Gasteiger partial charge in [-0.1, -0.05) is 73.9 Å². The lowest BCUT2D eigenvalue weighted by molar-refractivity contribution is -0.117. The highest BCUT2D eigenvalue weighted by Gasteiger charge is 1.84. The van der Waals surface area contributed by atoms with Crippen LogP contribution in [-0.4, -0.2) is 17.7 Å². The molecule has 0 spiro atoms. The molecule has 1 aromatic carbocycles. The largest absolute Gasteiger partial charge is 0.376 e. The first-order chi connectivity index (χ1) is 9.24. The number of allylic oxidation sites excluding steroid dienone is 4. The van der Waals surface area contributed by atoms with Gasteiger partial charge >= 0.3 is 0 Å². The number of nitrogens with one attached hydrogen (secondary N) is 1. The van der Waals surface area contributed by atoms with Crippen LogP contribution in [0.3, 0.4) is 0 Å². The fourth-order valence-corrected chi connectivity index (χ4v) is 1.02. The summed E-state index contributed by atoms with van der Waals surface area (Å²) in [7, 11) is 0. The summed E-state index contributed by atoms with van der Waals surface area (Å²) in [4.78, 5) is 10.0. The summed E-state index contributed by atoms with van der Waals surface area (Å²) >= 11 is 0. The number of benzene rings is 1. The van der Waals surface area contributed by atoms with Gasteiger partial charge in [-0.25, -0.2) is 0 Å². The number of aliphatic hydroxyl groups excluding tert-OH is 1. The van der Waals surface area contributed by atoms with E-state index in [1.807, 2.05) is 36.4 Å². The van der Waals surface area contributed by atoms with Crippen molar-refractivity contribution in [2.24, 2.45) is 0 Å². The second-order valence-electron chi connectivity index (χ2n) is 3.29. The molecule has 0 bridgehead atoms. The molecular formula is C16H19NO2. The Morgan fingerprint density at radius 2 is 1.84 bits per heavy atom. The Balaban J connectivity index is 0.000000399. The Kier molecular flexibility index (Phi) is 10.6. The van der Waals surface area contributed by atoms with Crippen LogP contribution >= 0.6 is 0 Å². The van der Waals surface area contributed by atoms with E-state index in [1.165, 1.54) is 5.56 Å². The van der Waals surface area contributed by atoms with Gasteiger partial charge in [0.05, 0.1) is 0 Å². The lowest BCUT2D eigenvalue weighted by Crippen LogP contribution is -2.20. The third kappa shape index (κ3) is 10.5. The van der Waals surface area contributed by atoms with Crippen LogP contribution in [-0.2, 0) is 4.79 Å². The topological polar surface area (TPSA) is 49.3 Å². The maximum atomic E-state index is 10.0. The zero-order valence-corrected chi connectivity index (χ0v) is 10.8. The molecule has 3 nitrogen and oxygen atoms in total. The predicted octanol–water partition coefficient (Wildman–Crippen LogP) is 2.68. The Morgan fingerprint density at radius 3 is 2.32 bits per heavy atom. The van der Waals surface area contributed by atoms with Crippen molar-refractivity contribution in [3.05, 3.63) is 79.4 Å². The van der Waals surface area contributed by atoms with Gasteiger partial charge in [0, 0.05) is 0 Å². The first-order valence-electron chi connectivity index (χ1n) is 5.76. The lowest BCUT2D eigenvalue weighted by Gasteiger charge is -1.89. The summed E-state index contributed by atoms with van der Waals surface area (Å²) in [6.45, 7) is 6.41. The molecule has 100 valence electrons. The van der Waals surface area contributed by atoms with Gasteiger partial charge in [0.2, 0.25) is 5.91 Å². The molecular weight excluding hydrogens is 238 g/mol. The third-order valence-electron chi connectivity index (χ3n) is 1.89. The molecule has 0 heterocycles. The number of carbonyl (C=O) groups excluding carboxylic acids is 1. The highest BCUT2D eigenvalue weighted by molar-refractivity contribution is 5.86. The van der Waals surface area contributed by atoms with Gasteiger partial charge < -0.3 is 10.4 Å². The summed E-state index contributed by atoms with van der Waals surface area (Å²) < 4.78 is 0. The van der Waals surface area contributed by atoms with Crippen molar-refractivity contribution in [3.8, 4) is 0 Å². The number of amides is 1. The number of hydrogen-bond acceptors (Lipinski definition) is 2. The smallest absolute Gasteiger partial charge is 0.245 e. The van der Waals surface area contributed by atoms with E-state index in [-0.39, 0.29) is 12.6 Å². The van der Waals surface area contributed by atoms with Crippen molar-refractivity contribution in [3.63, 3.8) is 0 Å². The normalized spacial score (nSPS) is 9.74. The van der Waals surface area contributed by atoms with Crippen molar-refractivity contribution in [1.29, 1.82) is 0 Å². The third-order valence-corrected chi connectivity index (χ3v) is 1.89. The Morgan fingerprint density at radius 1 is 1.16 bits per heavy atom. The van der Waals surface area contributed by atoms with Gasteiger partial charge in [-0.05, 0) is 11.6 Å². The van der Waals surface area contributed by atoms with E-state index < -0.39 is 0 Å². The van der Waals surface area contributed by atoms with Crippen molar-refractivity contribution in [2.45, 2.75) is 0 Å². The van der Waals surface area contributed by atoms with Crippen LogP contribution in [0.4, 0.5) is 0 Å². The maximum Gasteiger partial charge on any atom is 0.245 e. The average molecular weight is 257 g/mol. The fraction of sp³-hybridized carbons (Fsp3) is 0.0625. The highest BCUT2D eigenvalue weighted by atomic mass is 16.3. The first kappa shape index (κ1) is 16.6. The molecule has 1 aromatic rings. The van der Waals surface area contributed by atoms with Gasteiger partial charge in [0.15, 0.2) is 0 Å². The van der Waals surface area contributed by atoms with Crippen LogP contribution in [0.2, 0.25) is 0 Å². The Hall–Kier alpha value is -2.39. The van der Waals surface area contributed by atoms with Crippen molar-refractivity contribution < 1.29 is 9.90 Å². The molecule has 3 heteroatoms. The molecule has 0 aliphatic carbocycles. The minimum absolute atomic E-state index is 0.329. The molecule has 1 amide bonds. The van der Waals surface area contributed by atoms with Crippen LogP contribution < -0.4 is 5.32 Å². The van der Waals surface area contributed by atoms with Gasteiger partial charge in [0.25, 0.3) is 0 Å². The molecule has 0 radical (unpaired) electrons. The average Bonchev–Trinajstić information content (AvgIpc) is 2.46. The van der Waals surface area contributed by atoms with E-state index in [0.29, 0.717) is 0 Å². The summed E-state index contributed by atoms with van der Waals surface area (Å²) in [5, 5.41) is 10.1. The quantitative estimate of drug-likeness (QED) is 0.484. The van der Waals surface area contributed by atoms with Gasteiger partial charge in [-0.2, -0.15) is 0 Å². The number of hydrogen-bond donors (Lipinski definition) is 2. The zero-order chi connectivity index (χ0) is 14.3. The molecule has 0 saturated carbocycles. The number of rotatable bonds is 5. The molecule has 19 heavy (non-hydrogen) atoms. The van der Waals surface area contributed by atoms with E-state index in [9.17, 15) is 4.79 Å². The summed E-state index contributed by atoms with van der Waals surface area (Å²) in [6, 6.07) is 10.2. The molecule has 0 aliphatic rings. The van der Waals surface area contributed by atoms with E-state index in [1.54, 1.807) is 6.08 Å². The van der Waals surface area contributed by atoms with Crippen molar-refractivity contribution in [2.75, 3.05) is 6.73 Å². The van der Waals surface area contributed by atoms with Gasteiger partial charge in [-0.15, -0.1) is 0 Å². The Bertz CT molecular complexity index is 433. The first-order valence-corrected chi connectivity index (χ1v) is 5.76. The predicted molar refractivity (Wildman–Crippen MR) is 80.2 cm³/mol. The van der Waals surface area contributed by atoms with Crippen LogP contribution in [0.25, 0.3) is 6.08 Å². The fourth-order valence-electron chi connectivity index (χ4n) is 1.02. The highest BCUT2D eigenvalue weighted by Crippen LogP contribution is 2.00. The number of aliphatic hydroxyl groups is 1. The SMILES string of the molecule is C=CC(=O)NCO.C=CC=CC=Cc1ccccc1. The van der Waals surface area contributed by atoms with Crippen LogP contribution in [0.5, 0.6) is 0 Å². The Labute approximate surface area is 114 Å². The minimum Gasteiger partial charge on any atom is -0.376 e. The van der Waals surface area contributed by atoms with E-state index in [0.717, 1.165) is 6.08 Å². The molecule has 1 rings (SSSR count). The molecule has 0 atom stereocenters.